The van der Waals surface area contributed by atoms with Crippen molar-refractivity contribution in [2.75, 3.05) is 46.4 Å². The van der Waals surface area contributed by atoms with Crippen LogP contribution in [0.1, 0.15) is 53.1 Å². The van der Waals surface area contributed by atoms with Crippen molar-refractivity contribution in [1.82, 2.24) is 14.8 Å². The number of benzene rings is 2. The molecular formula is C31H35N3O5. The van der Waals surface area contributed by atoms with Crippen molar-refractivity contribution in [1.29, 1.82) is 0 Å². The zero-order valence-corrected chi connectivity index (χ0v) is 22.8. The number of rotatable bonds is 8. The maximum Gasteiger partial charge on any atom is 0.342 e. The van der Waals surface area contributed by atoms with Crippen LogP contribution in [0, 0.1) is 12.8 Å². The molecule has 2 fully saturated rings. The van der Waals surface area contributed by atoms with Crippen molar-refractivity contribution >= 4 is 27.7 Å². The summed E-state index contributed by atoms with van der Waals surface area (Å²) in [6.07, 6.45) is 4.16. The van der Waals surface area contributed by atoms with E-state index in [0.29, 0.717) is 51.6 Å². The Balaban J connectivity index is 1.60. The number of phenolic OH excluding ortho intramolecular Hbond substituents is 1. The molecule has 1 saturated carbocycles. The fourth-order valence-electron chi connectivity index (χ4n) is 5.66. The SMILES string of the molecule is CCOC(=O)c1c(C)oc2c1c(C(c1ccnc(OCC3CC3)c1)N1CCN(C)CC1)c(O)c1ccccc12. The van der Waals surface area contributed by atoms with E-state index in [2.05, 4.69) is 21.8 Å². The molecule has 2 aliphatic rings. The molecule has 8 nitrogen and oxygen atoms in total. The predicted octanol–water partition coefficient (Wildman–Crippen LogP) is 5.30. The number of hydrogen-bond acceptors (Lipinski definition) is 8. The standard InChI is InChI=1S/C31H35N3O5/c1-4-37-31(36)25-19(2)39-30-23-8-6-5-7-22(23)29(35)27(26(25)30)28(34-15-13-33(3)14-16-34)21-11-12-32-24(17-21)38-18-20-9-10-20/h5-8,11-12,17,20,28,35H,4,9-10,13-16,18H2,1-3H3. The molecule has 0 spiro atoms. The number of aromatic nitrogens is 1. The Hall–Kier alpha value is -3.62. The van der Waals surface area contributed by atoms with Gasteiger partial charge < -0.3 is 23.9 Å². The van der Waals surface area contributed by atoms with Gasteiger partial charge in [0.1, 0.15) is 22.7 Å². The van der Waals surface area contributed by atoms with Crippen LogP contribution < -0.4 is 4.74 Å². The molecule has 1 saturated heterocycles. The highest BCUT2D eigenvalue weighted by Gasteiger charge is 2.35. The molecule has 0 bridgehead atoms. The first kappa shape index (κ1) is 25.6. The van der Waals surface area contributed by atoms with Gasteiger partial charge in [0, 0.05) is 60.2 Å². The zero-order chi connectivity index (χ0) is 27.1. The molecule has 0 amide bonds. The topological polar surface area (TPSA) is 88.3 Å². The molecule has 6 rings (SSSR count). The maximum atomic E-state index is 13.3. The normalized spacial score (nSPS) is 17.5. The van der Waals surface area contributed by atoms with Crippen molar-refractivity contribution in [2.45, 2.75) is 32.7 Å². The van der Waals surface area contributed by atoms with Crippen molar-refractivity contribution in [3.8, 4) is 11.6 Å². The Morgan fingerprint density at radius 1 is 1.15 bits per heavy atom. The van der Waals surface area contributed by atoms with E-state index in [9.17, 15) is 9.90 Å². The summed E-state index contributed by atoms with van der Waals surface area (Å²) in [5, 5.41) is 14.0. The molecule has 2 aromatic carbocycles. The third kappa shape index (κ3) is 4.83. The first-order valence-electron chi connectivity index (χ1n) is 13.8. The Morgan fingerprint density at radius 3 is 2.62 bits per heavy atom. The quantitative estimate of drug-likeness (QED) is 0.308. The van der Waals surface area contributed by atoms with Crippen LogP contribution in [0.15, 0.2) is 47.0 Å². The van der Waals surface area contributed by atoms with Crippen LogP contribution in [-0.2, 0) is 4.74 Å². The second-order valence-electron chi connectivity index (χ2n) is 10.7. The summed E-state index contributed by atoms with van der Waals surface area (Å²) in [5.41, 5.74) is 2.53. The van der Waals surface area contributed by atoms with Crippen molar-refractivity contribution < 1.29 is 23.8 Å². The molecule has 2 aromatic heterocycles. The number of pyridine rings is 1. The van der Waals surface area contributed by atoms with Gasteiger partial charge in [-0.2, -0.15) is 0 Å². The van der Waals surface area contributed by atoms with E-state index in [1.165, 1.54) is 12.8 Å². The summed E-state index contributed by atoms with van der Waals surface area (Å²) in [4.78, 5) is 22.5. The van der Waals surface area contributed by atoms with E-state index < -0.39 is 5.97 Å². The zero-order valence-electron chi connectivity index (χ0n) is 22.8. The summed E-state index contributed by atoms with van der Waals surface area (Å²) in [6, 6.07) is 11.2. The maximum absolute atomic E-state index is 13.3. The number of nitrogens with zero attached hydrogens (tertiary/aromatic N) is 3. The lowest BCUT2D eigenvalue weighted by Crippen LogP contribution is -2.46. The van der Waals surface area contributed by atoms with E-state index >= 15 is 0 Å². The minimum Gasteiger partial charge on any atom is -0.507 e. The van der Waals surface area contributed by atoms with Gasteiger partial charge in [0.2, 0.25) is 5.88 Å². The predicted molar refractivity (Wildman–Crippen MR) is 149 cm³/mol. The monoisotopic (exact) mass is 529 g/mol. The molecule has 1 aliphatic heterocycles. The van der Waals surface area contributed by atoms with E-state index in [1.54, 1.807) is 20.0 Å². The van der Waals surface area contributed by atoms with Crippen molar-refractivity contribution in [2.24, 2.45) is 5.92 Å². The highest BCUT2D eigenvalue weighted by atomic mass is 16.5. The van der Waals surface area contributed by atoms with Crippen molar-refractivity contribution in [3.63, 3.8) is 0 Å². The molecule has 1 unspecified atom stereocenters. The highest BCUT2D eigenvalue weighted by Crippen LogP contribution is 2.47. The number of carbonyl (C=O) groups is 1. The number of esters is 1. The Morgan fingerprint density at radius 2 is 1.90 bits per heavy atom. The molecular weight excluding hydrogens is 494 g/mol. The molecule has 1 atom stereocenters. The Kier molecular flexibility index (Phi) is 6.91. The summed E-state index contributed by atoms with van der Waals surface area (Å²) in [6.45, 7) is 7.84. The van der Waals surface area contributed by atoms with Crippen LogP contribution in [0.5, 0.6) is 11.6 Å². The number of aromatic hydroxyl groups is 1. The molecule has 4 aromatic rings. The average molecular weight is 530 g/mol. The van der Waals surface area contributed by atoms with Crippen LogP contribution in [0.2, 0.25) is 0 Å². The van der Waals surface area contributed by atoms with Gasteiger partial charge in [-0.25, -0.2) is 9.78 Å². The first-order chi connectivity index (χ1) is 19.0. The van der Waals surface area contributed by atoms with Crippen LogP contribution in [-0.4, -0.2) is 72.3 Å². The Labute approximate surface area is 228 Å². The minimum absolute atomic E-state index is 0.144. The lowest BCUT2D eigenvalue weighted by Gasteiger charge is -2.39. The number of phenols is 1. The highest BCUT2D eigenvalue weighted by molar-refractivity contribution is 6.16. The van der Waals surface area contributed by atoms with Crippen LogP contribution in [0.25, 0.3) is 21.7 Å². The summed E-state index contributed by atoms with van der Waals surface area (Å²) < 4.78 is 17.8. The number of likely N-dealkylation sites (N-methyl/N-ethyl adjacent to an activating group) is 1. The lowest BCUT2D eigenvalue weighted by atomic mass is 9.89. The third-order valence-corrected chi connectivity index (χ3v) is 7.93. The summed E-state index contributed by atoms with van der Waals surface area (Å²) >= 11 is 0. The second-order valence-corrected chi connectivity index (χ2v) is 10.7. The van der Waals surface area contributed by atoms with Gasteiger partial charge in [0.25, 0.3) is 0 Å². The van der Waals surface area contributed by atoms with E-state index in [1.807, 2.05) is 36.4 Å². The molecule has 39 heavy (non-hydrogen) atoms. The van der Waals surface area contributed by atoms with Gasteiger partial charge >= 0.3 is 5.97 Å². The largest absolute Gasteiger partial charge is 0.507 e. The molecule has 1 aliphatic carbocycles. The van der Waals surface area contributed by atoms with E-state index in [0.717, 1.165) is 37.1 Å². The molecule has 8 heteroatoms. The van der Waals surface area contributed by atoms with Gasteiger partial charge in [-0.1, -0.05) is 24.3 Å². The van der Waals surface area contributed by atoms with E-state index in [4.69, 9.17) is 13.9 Å². The van der Waals surface area contributed by atoms with Gasteiger partial charge in [0.05, 0.1) is 19.3 Å². The molecule has 1 N–H and O–H groups in total. The van der Waals surface area contributed by atoms with Gasteiger partial charge in [-0.3, -0.25) is 4.90 Å². The lowest BCUT2D eigenvalue weighted by molar-refractivity contribution is 0.0526. The van der Waals surface area contributed by atoms with Crippen LogP contribution in [0.3, 0.4) is 0 Å². The van der Waals surface area contributed by atoms with Gasteiger partial charge in [-0.05, 0) is 51.3 Å². The first-order valence-corrected chi connectivity index (χ1v) is 13.8. The van der Waals surface area contributed by atoms with E-state index in [-0.39, 0.29) is 18.4 Å². The van der Waals surface area contributed by atoms with Crippen LogP contribution in [0.4, 0.5) is 0 Å². The second kappa shape index (κ2) is 10.5. The minimum atomic E-state index is -0.454. The fourth-order valence-corrected chi connectivity index (χ4v) is 5.66. The third-order valence-electron chi connectivity index (χ3n) is 7.93. The smallest absolute Gasteiger partial charge is 0.342 e. The summed E-state index contributed by atoms with van der Waals surface area (Å²) in [5.74, 6) is 1.34. The number of ether oxygens (including phenoxy) is 2. The number of piperazine rings is 1. The number of aryl methyl sites for hydroxylation is 1. The summed E-state index contributed by atoms with van der Waals surface area (Å²) in [7, 11) is 2.12. The van der Waals surface area contributed by atoms with Gasteiger partial charge in [0.15, 0.2) is 0 Å². The molecule has 204 valence electrons. The average Bonchev–Trinajstić information content (AvgIpc) is 3.71. The fraction of sp³-hybridized carbons (Fsp3) is 0.419. The Bertz CT molecular complexity index is 1520. The number of furan rings is 1. The number of carbonyl (C=O) groups excluding carboxylic acids is 1. The molecule has 0 radical (unpaired) electrons. The van der Waals surface area contributed by atoms with Crippen molar-refractivity contribution in [3.05, 3.63) is 65.0 Å². The molecule has 3 heterocycles. The number of hydrogen-bond donors (Lipinski definition) is 1. The van der Waals surface area contributed by atoms with Crippen LogP contribution >= 0.6 is 0 Å². The number of fused-ring (bicyclic) bond motifs is 3. The van der Waals surface area contributed by atoms with Gasteiger partial charge in [-0.15, -0.1) is 0 Å².